The smallest absolute Gasteiger partial charge is 0.0991 e. The molecule has 1 N–H and O–H groups in total. The Balaban J connectivity index is 1.72. The van der Waals surface area contributed by atoms with Gasteiger partial charge in [-0.25, -0.2) is 0 Å². The first-order valence-corrected chi connectivity index (χ1v) is 9.78. The second-order valence-electron chi connectivity index (χ2n) is 7.12. The molecule has 0 aliphatic carbocycles. The summed E-state index contributed by atoms with van der Waals surface area (Å²) in [6.45, 7) is 1.74. The molecular weight excluding hydrogens is 370 g/mol. The third-order valence-corrected chi connectivity index (χ3v) is 4.73. The summed E-state index contributed by atoms with van der Waals surface area (Å²) in [7, 11) is 0. The summed E-state index contributed by atoms with van der Waals surface area (Å²) in [5.41, 5.74) is 4.44. The minimum absolute atomic E-state index is 0.462. The molecule has 0 saturated heterocycles. The highest BCUT2D eigenvalue weighted by Crippen LogP contribution is 2.13. The van der Waals surface area contributed by atoms with Crippen molar-refractivity contribution in [2.24, 2.45) is 0 Å². The van der Waals surface area contributed by atoms with Crippen LogP contribution in [-0.2, 0) is 13.1 Å². The number of aliphatic hydroxyl groups is 1. The van der Waals surface area contributed by atoms with Gasteiger partial charge >= 0.3 is 0 Å². The standard InChI is InChI=1S/C26H23N3O/c27-16-22-6-10-24(11-7-22)18-29(19-25-12-8-23(17-28)9-13-25)20-26(30)15-14-21-4-2-1-3-5-21/h1-15,26,30H,18-20H2/b15-14+. The van der Waals surface area contributed by atoms with Crippen molar-refractivity contribution in [1.82, 2.24) is 4.90 Å². The van der Waals surface area contributed by atoms with Crippen molar-refractivity contribution in [2.45, 2.75) is 19.2 Å². The molecule has 1 unspecified atom stereocenters. The Labute approximate surface area is 177 Å². The van der Waals surface area contributed by atoms with Gasteiger partial charge in [0.1, 0.15) is 0 Å². The van der Waals surface area contributed by atoms with Crippen LogP contribution < -0.4 is 0 Å². The molecule has 3 aromatic carbocycles. The highest BCUT2D eigenvalue weighted by Gasteiger charge is 2.12. The minimum Gasteiger partial charge on any atom is -0.388 e. The lowest BCUT2D eigenvalue weighted by molar-refractivity contribution is 0.137. The van der Waals surface area contributed by atoms with Crippen LogP contribution in [0.15, 0.2) is 84.9 Å². The van der Waals surface area contributed by atoms with Crippen LogP contribution in [0.2, 0.25) is 0 Å². The molecule has 0 heterocycles. The quantitative estimate of drug-likeness (QED) is 0.611. The number of rotatable bonds is 8. The Morgan fingerprint density at radius 1 is 0.767 bits per heavy atom. The monoisotopic (exact) mass is 393 g/mol. The van der Waals surface area contributed by atoms with Crippen LogP contribution in [0.25, 0.3) is 6.08 Å². The molecule has 148 valence electrons. The first-order chi connectivity index (χ1) is 14.7. The van der Waals surface area contributed by atoms with Gasteiger partial charge in [0.05, 0.1) is 29.4 Å². The third kappa shape index (κ3) is 6.43. The van der Waals surface area contributed by atoms with E-state index >= 15 is 0 Å². The molecule has 30 heavy (non-hydrogen) atoms. The first-order valence-electron chi connectivity index (χ1n) is 9.78. The van der Waals surface area contributed by atoms with Gasteiger partial charge in [0, 0.05) is 19.6 Å². The topological polar surface area (TPSA) is 71.0 Å². The fourth-order valence-corrected chi connectivity index (χ4v) is 3.18. The lowest BCUT2D eigenvalue weighted by Crippen LogP contribution is -2.30. The van der Waals surface area contributed by atoms with E-state index in [4.69, 9.17) is 10.5 Å². The molecule has 0 fully saturated rings. The van der Waals surface area contributed by atoms with Gasteiger partial charge in [-0.05, 0) is 41.0 Å². The van der Waals surface area contributed by atoms with Crippen molar-refractivity contribution < 1.29 is 5.11 Å². The van der Waals surface area contributed by atoms with Gasteiger partial charge in [0.25, 0.3) is 0 Å². The molecule has 0 spiro atoms. The second kappa shape index (κ2) is 10.7. The highest BCUT2D eigenvalue weighted by molar-refractivity contribution is 5.49. The number of nitrogens with zero attached hydrogens (tertiary/aromatic N) is 3. The third-order valence-electron chi connectivity index (χ3n) is 4.73. The van der Waals surface area contributed by atoms with Crippen molar-refractivity contribution in [2.75, 3.05) is 6.54 Å². The maximum absolute atomic E-state index is 10.6. The molecule has 0 saturated carbocycles. The molecule has 0 aliphatic heterocycles. The van der Waals surface area contributed by atoms with Crippen LogP contribution in [0, 0.1) is 22.7 Å². The van der Waals surface area contributed by atoms with Crippen LogP contribution in [0.3, 0.4) is 0 Å². The van der Waals surface area contributed by atoms with E-state index in [0.29, 0.717) is 30.8 Å². The van der Waals surface area contributed by atoms with E-state index in [1.807, 2.05) is 60.7 Å². The predicted molar refractivity (Wildman–Crippen MR) is 118 cm³/mol. The van der Waals surface area contributed by atoms with Crippen LogP contribution >= 0.6 is 0 Å². The SMILES string of the molecule is N#Cc1ccc(CN(Cc2ccc(C#N)cc2)CC(O)/C=C/c2ccccc2)cc1. The van der Waals surface area contributed by atoms with Crippen molar-refractivity contribution in [3.8, 4) is 12.1 Å². The molecule has 3 rings (SSSR count). The van der Waals surface area contributed by atoms with Crippen LogP contribution in [-0.4, -0.2) is 22.7 Å². The van der Waals surface area contributed by atoms with Crippen LogP contribution in [0.1, 0.15) is 27.8 Å². The number of benzene rings is 3. The molecule has 0 amide bonds. The molecular formula is C26H23N3O. The lowest BCUT2D eigenvalue weighted by Gasteiger charge is -2.24. The predicted octanol–water partition coefficient (Wildman–Crippen LogP) is 4.51. The lowest BCUT2D eigenvalue weighted by atomic mass is 10.1. The molecule has 0 aliphatic rings. The maximum atomic E-state index is 10.6. The number of hydrogen-bond acceptors (Lipinski definition) is 4. The normalized spacial score (nSPS) is 11.9. The summed E-state index contributed by atoms with van der Waals surface area (Å²) in [5, 5.41) is 28.6. The molecule has 1 atom stereocenters. The fraction of sp³-hybridized carbons (Fsp3) is 0.154. The summed E-state index contributed by atoms with van der Waals surface area (Å²) in [4.78, 5) is 2.16. The van der Waals surface area contributed by atoms with Gasteiger partial charge in [0.2, 0.25) is 0 Å². The zero-order valence-electron chi connectivity index (χ0n) is 16.6. The summed E-state index contributed by atoms with van der Waals surface area (Å²) in [6.07, 6.45) is 3.11. The summed E-state index contributed by atoms with van der Waals surface area (Å²) >= 11 is 0. The Morgan fingerprint density at radius 3 is 1.73 bits per heavy atom. The highest BCUT2D eigenvalue weighted by atomic mass is 16.3. The molecule has 3 aromatic rings. The van der Waals surface area contributed by atoms with Crippen molar-refractivity contribution in [3.63, 3.8) is 0 Å². The van der Waals surface area contributed by atoms with Gasteiger partial charge in [-0.2, -0.15) is 10.5 Å². The Hall–Kier alpha value is -3.70. The van der Waals surface area contributed by atoms with Crippen LogP contribution in [0.5, 0.6) is 0 Å². The van der Waals surface area contributed by atoms with Crippen molar-refractivity contribution >= 4 is 6.08 Å². The maximum Gasteiger partial charge on any atom is 0.0991 e. The van der Waals surface area contributed by atoms with Gasteiger partial charge in [-0.3, -0.25) is 4.90 Å². The molecule has 0 aromatic heterocycles. The largest absolute Gasteiger partial charge is 0.388 e. The van der Waals surface area contributed by atoms with Crippen molar-refractivity contribution in [3.05, 3.63) is 113 Å². The Kier molecular flexibility index (Phi) is 7.52. The average molecular weight is 393 g/mol. The van der Waals surface area contributed by atoms with Crippen LogP contribution in [0.4, 0.5) is 0 Å². The zero-order chi connectivity index (χ0) is 21.2. The molecule has 0 radical (unpaired) electrons. The average Bonchev–Trinajstić information content (AvgIpc) is 2.79. The van der Waals surface area contributed by atoms with E-state index in [0.717, 1.165) is 16.7 Å². The Morgan fingerprint density at radius 2 is 1.27 bits per heavy atom. The number of nitriles is 2. The number of aliphatic hydroxyl groups excluding tert-OH is 1. The van der Waals surface area contributed by atoms with E-state index in [9.17, 15) is 5.11 Å². The minimum atomic E-state index is -0.623. The summed E-state index contributed by atoms with van der Waals surface area (Å²) in [5.74, 6) is 0. The number of hydrogen-bond donors (Lipinski definition) is 1. The van der Waals surface area contributed by atoms with Gasteiger partial charge in [-0.15, -0.1) is 0 Å². The summed E-state index contributed by atoms with van der Waals surface area (Å²) in [6, 6.07) is 29.1. The van der Waals surface area contributed by atoms with E-state index < -0.39 is 6.10 Å². The van der Waals surface area contributed by atoms with E-state index in [-0.39, 0.29) is 0 Å². The molecule has 4 heteroatoms. The zero-order valence-corrected chi connectivity index (χ0v) is 16.6. The van der Waals surface area contributed by atoms with Gasteiger partial charge in [-0.1, -0.05) is 66.7 Å². The molecule has 0 bridgehead atoms. The first kappa shape index (κ1) is 21.0. The van der Waals surface area contributed by atoms with E-state index in [1.54, 1.807) is 30.3 Å². The second-order valence-corrected chi connectivity index (χ2v) is 7.12. The summed E-state index contributed by atoms with van der Waals surface area (Å²) < 4.78 is 0. The van der Waals surface area contributed by atoms with E-state index in [2.05, 4.69) is 17.0 Å². The fourth-order valence-electron chi connectivity index (χ4n) is 3.18. The van der Waals surface area contributed by atoms with Gasteiger partial charge in [0.15, 0.2) is 0 Å². The van der Waals surface area contributed by atoms with E-state index in [1.165, 1.54) is 0 Å². The van der Waals surface area contributed by atoms with Gasteiger partial charge < -0.3 is 5.11 Å². The molecule has 4 nitrogen and oxygen atoms in total. The Bertz CT molecular complexity index is 983. The van der Waals surface area contributed by atoms with Crippen molar-refractivity contribution in [1.29, 1.82) is 10.5 Å².